The van der Waals surface area contributed by atoms with Crippen molar-refractivity contribution in [3.63, 3.8) is 0 Å². The van der Waals surface area contributed by atoms with Gasteiger partial charge >= 0.3 is 0 Å². The molecule has 0 aliphatic carbocycles. The minimum Gasteiger partial charge on any atom is -0.364 e. The summed E-state index contributed by atoms with van der Waals surface area (Å²) in [5, 5.41) is 7.04. The first-order valence-corrected chi connectivity index (χ1v) is 10.3. The van der Waals surface area contributed by atoms with Gasteiger partial charge in [0.1, 0.15) is 5.82 Å². The number of nitrogens with one attached hydrogen (secondary N) is 2. The van der Waals surface area contributed by atoms with Crippen LogP contribution in [0.4, 0.5) is 11.8 Å². The number of pyridine rings is 1. The van der Waals surface area contributed by atoms with E-state index < -0.39 is 0 Å². The minimum absolute atomic E-state index is 0.175. The fourth-order valence-corrected chi connectivity index (χ4v) is 4.35. The van der Waals surface area contributed by atoms with Crippen LogP contribution in [-0.2, 0) is 0 Å². The molecule has 0 saturated carbocycles. The van der Waals surface area contributed by atoms with Gasteiger partial charge in [0.05, 0.1) is 5.69 Å². The Kier molecular flexibility index (Phi) is 4.64. The predicted molar refractivity (Wildman–Crippen MR) is 116 cm³/mol. The van der Waals surface area contributed by atoms with Gasteiger partial charge < -0.3 is 15.5 Å². The third-order valence-corrected chi connectivity index (χ3v) is 5.88. The fourth-order valence-electron chi connectivity index (χ4n) is 4.35. The van der Waals surface area contributed by atoms with Gasteiger partial charge in [-0.25, -0.2) is 15.0 Å². The predicted octanol–water partition coefficient (Wildman–Crippen LogP) is 3.57. The van der Waals surface area contributed by atoms with Crippen LogP contribution in [0.1, 0.15) is 30.6 Å². The number of anilines is 2. The highest BCUT2D eigenvalue weighted by atomic mass is 15.3. The van der Waals surface area contributed by atoms with Crippen LogP contribution >= 0.6 is 0 Å². The van der Waals surface area contributed by atoms with Crippen molar-refractivity contribution in [3.8, 4) is 11.3 Å². The van der Waals surface area contributed by atoms with Crippen LogP contribution in [0.3, 0.4) is 0 Å². The molecule has 6 nitrogen and oxygen atoms in total. The Morgan fingerprint density at radius 1 is 1.14 bits per heavy atom. The summed E-state index contributed by atoms with van der Waals surface area (Å²) >= 11 is 0. The largest absolute Gasteiger partial charge is 0.364 e. The number of hydrogen-bond acceptors (Lipinski definition) is 6. The van der Waals surface area contributed by atoms with Crippen LogP contribution < -0.4 is 15.5 Å². The standard InChI is InChI=1S/C23H26N6/c1-15-10-21(28-23(26-15)29-14-19-12-20(29)13-25-19)18-8-9-24-22(11-18)27-16(2)17-6-4-3-5-7-17/h3-11,16,19-20,25H,12-14H2,1-2H3,(H,24,27)/t16?,19?,20-/m0/s1. The summed E-state index contributed by atoms with van der Waals surface area (Å²) < 4.78 is 0. The van der Waals surface area contributed by atoms with Crippen molar-refractivity contribution < 1.29 is 0 Å². The van der Waals surface area contributed by atoms with E-state index in [2.05, 4.69) is 63.8 Å². The zero-order valence-electron chi connectivity index (χ0n) is 16.8. The lowest BCUT2D eigenvalue weighted by Gasteiger charge is -2.27. The van der Waals surface area contributed by atoms with Gasteiger partial charge in [-0.05, 0) is 44.0 Å². The van der Waals surface area contributed by atoms with E-state index >= 15 is 0 Å². The molecule has 2 aliphatic heterocycles. The summed E-state index contributed by atoms with van der Waals surface area (Å²) in [6, 6.07) is 17.8. The number of rotatable bonds is 5. The number of benzene rings is 1. The molecule has 0 amide bonds. The highest BCUT2D eigenvalue weighted by Crippen LogP contribution is 2.29. The molecule has 3 atom stereocenters. The zero-order valence-corrected chi connectivity index (χ0v) is 16.8. The first kappa shape index (κ1) is 18.1. The number of aryl methyl sites for hydroxylation is 1. The number of aromatic nitrogens is 3. The van der Waals surface area contributed by atoms with E-state index in [1.165, 1.54) is 12.0 Å². The van der Waals surface area contributed by atoms with Crippen LogP contribution in [0.5, 0.6) is 0 Å². The van der Waals surface area contributed by atoms with Crippen LogP contribution in [0.25, 0.3) is 11.3 Å². The Bertz CT molecular complexity index is 1010. The van der Waals surface area contributed by atoms with Gasteiger partial charge in [-0.15, -0.1) is 0 Å². The summed E-state index contributed by atoms with van der Waals surface area (Å²) in [6.45, 7) is 6.20. The van der Waals surface area contributed by atoms with E-state index in [4.69, 9.17) is 9.97 Å². The van der Waals surface area contributed by atoms with E-state index in [1.807, 2.05) is 25.3 Å². The fraction of sp³-hybridized carbons (Fsp3) is 0.348. The maximum atomic E-state index is 4.91. The van der Waals surface area contributed by atoms with Gasteiger partial charge in [-0.3, -0.25) is 0 Å². The third kappa shape index (κ3) is 3.68. The van der Waals surface area contributed by atoms with Gasteiger partial charge in [-0.2, -0.15) is 0 Å². The molecule has 5 rings (SSSR count). The van der Waals surface area contributed by atoms with E-state index in [9.17, 15) is 0 Å². The molecule has 1 aromatic carbocycles. The SMILES string of the molecule is Cc1cc(-c2ccnc(NC(C)c3ccccc3)c2)nc(N2CC3C[C@H]2CN3)n1. The van der Waals surface area contributed by atoms with Crippen LogP contribution in [0.15, 0.2) is 54.7 Å². The average Bonchev–Trinajstić information content (AvgIpc) is 3.38. The monoisotopic (exact) mass is 386 g/mol. The summed E-state index contributed by atoms with van der Waals surface area (Å²) in [6.07, 6.45) is 3.03. The highest BCUT2D eigenvalue weighted by Gasteiger charge is 2.39. The first-order chi connectivity index (χ1) is 14.2. The Morgan fingerprint density at radius 3 is 2.76 bits per heavy atom. The van der Waals surface area contributed by atoms with Crippen molar-refractivity contribution in [2.24, 2.45) is 0 Å². The molecule has 0 radical (unpaired) electrons. The van der Waals surface area contributed by atoms with Crippen molar-refractivity contribution in [3.05, 3.63) is 66.0 Å². The minimum atomic E-state index is 0.175. The maximum Gasteiger partial charge on any atom is 0.226 e. The third-order valence-electron chi connectivity index (χ3n) is 5.88. The van der Waals surface area contributed by atoms with Gasteiger partial charge in [0.15, 0.2) is 0 Å². The van der Waals surface area contributed by atoms with Gasteiger partial charge in [0.2, 0.25) is 5.95 Å². The van der Waals surface area contributed by atoms with Crippen LogP contribution in [0.2, 0.25) is 0 Å². The second-order valence-electron chi connectivity index (χ2n) is 8.05. The summed E-state index contributed by atoms with van der Waals surface area (Å²) in [4.78, 5) is 16.5. The number of fused-ring (bicyclic) bond motifs is 2. The number of piperazine rings is 1. The smallest absolute Gasteiger partial charge is 0.226 e. The molecule has 2 saturated heterocycles. The highest BCUT2D eigenvalue weighted by molar-refractivity contribution is 5.64. The molecule has 2 unspecified atom stereocenters. The van der Waals surface area contributed by atoms with Crippen molar-refractivity contribution in [2.45, 2.75) is 38.4 Å². The molecule has 6 heteroatoms. The number of nitrogens with zero attached hydrogens (tertiary/aromatic N) is 4. The van der Waals surface area contributed by atoms with E-state index in [-0.39, 0.29) is 6.04 Å². The average molecular weight is 387 g/mol. The van der Waals surface area contributed by atoms with Gasteiger partial charge in [-0.1, -0.05) is 30.3 Å². The lowest BCUT2D eigenvalue weighted by atomic mass is 10.1. The Morgan fingerprint density at radius 2 is 2.00 bits per heavy atom. The molecule has 4 heterocycles. The Hall–Kier alpha value is -2.99. The van der Waals surface area contributed by atoms with Gasteiger partial charge in [0, 0.05) is 48.7 Å². The molecule has 148 valence electrons. The van der Waals surface area contributed by atoms with Crippen LogP contribution in [-0.4, -0.2) is 40.1 Å². The normalized spacial score (nSPS) is 21.4. The van der Waals surface area contributed by atoms with E-state index in [0.717, 1.165) is 41.8 Å². The molecule has 29 heavy (non-hydrogen) atoms. The number of hydrogen-bond donors (Lipinski definition) is 2. The van der Waals surface area contributed by atoms with Crippen molar-refractivity contribution in [2.75, 3.05) is 23.3 Å². The van der Waals surface area contributed by atoms with E-state index in [1.54, 1.807) is 0 Å². The maximum absolute atomic E-state index is 4.91. The summed E-state index contributed by atoms with van der Waals surface area (Å²) in [5.41, 5.74) is 4.22. The molecule has 2 aromatic heterocycles. The second-order valence-corrected chi connectivity index (χ2v) is 8.05. The Labute approximate surface area is 171 Å². The quantitative estimate of drug-likeness (QED) is 0.699. The van der Waals surface area contributed by atoms with Crippen molar-refractivity contribution >= 4 is 11.8 Å². The summed E-state index contributed by atoms with van der Waals surface area (Å²) in [7, 11) is 0. The molecule has 3 aromatic rings. The topological polar surface area (TPSA) is 66.0 Å². The lowest BCUT2D eigenvalue weighted by Crippen LogP contribution is -2.44. The van der Waals surface area contributed by atoms with Crippen molar-refractivity contribution in [1.82, 2.24) is 20.3 Å². The Balaban J connectivity index is 1.40. The molecule has 0 spiro atoms. The molecule has 2 bridgehead atoms. The first-order valence-electron chi connectivity index (χ1n) is 10.3. The molecular weight excluding hydrogens is 360 g/mol. The molecule has 2 fully saturated rings. The lowest BCUT2D eigenvalue weighted by molar-refractivity contribution is 0.571. The molecule has 2 N–H and O–H groups in total. The van der Waals surface area contributed by atoms with E-state index in [0.29, 0.717) is 12.1 Å². The molecule has 2 aliphatic rings. The van der Waals surface area contributed by atoms with Crippen molar-refractivity contribution in [1.29, 1.82) is 0 Å². The second kappa shape index (κ2) is 7.44. The zero-order chi connectivity index (χ0) is 19.8. The van der Waals surface area contributed by atoms with Gasteiger partial charge in [0.25, 0.3) is 0 Å². The molecular formula is C23H26N6. The summed E-state index contributed by atoms with van der Waals surface area (Å²) in [5.74, 6) is 1.69. The van der Waals surface area contributed by atoms with Crippen LogP contribution in [0, 0.1) is 6.92 Å².